The number of anilines is 1. The van der Waals surface area contributed by atoms with Crippen LogP contribution >= 0.6 is 0 Å². The van der Waals surface area contributed by atoms with E-state index in [1.54, 1.807) is 12.1 Å². The van der Waals surface area contributed by atoms with Crippen molar-refractivity contribution in [2.45, 2.75) is 24.2 Å². The molecule has 1 heterocycles. The Labute approximate surface area is 157 Å². The first-order valence-corrected chi connectivity index (χ1v) is 10.1. The molecular formula is C19H20N2O5S. The normalized spacial score (nSPS) is 15.3. The van der Waals surface area contributed by atoms with Crippen molar-refractivity contribution in [3.05, 3.63) is 59.7 Å². The first kappa shape index (κ1) is 19.1. The van der Waals surface area contributed by atoms with Crippen LogP contribution in [0.4, 0.5) is 5.69 Å². The maximum atomic E-state index is 13.0. The number of carboxylic acids is 1. The Morgan fingerprint density at radius 1 is 0.926 bits per heavy atom. The number of nitrogens with zero attached hydrogens (tertiary/aromatic N) is 1. The van der Waals surface area contributed by atoms with Gasteiger partial charge in [-0.3, -0.25) is 4.79 Å². The smallest absolute Gasteiger partial charge is 0.335 e. The summed E-state index contributed by atoms with van der Waals surface area (Å²) in [5.41, 5.74) is 0.543. The molecule has 0 aromatic heterocycles. The van der Waals surface area contributed by atoms with Gasteiger partial charge in [-0.1, -0.05) is 18.6 Å². The molecule has 7 nitrogen and oxygen atoms in total. The first-order valence-electron chi connectivity index (χ1n) is 8.63. The fourth-order valence-electron chi connectivity index (χ4n) is 3.02. The standard InChI is InChI=1S/C19H20N2O5S/c22-18(20-15-10-8-14(9-11-15)19(23)24)16-6-2-3-7-17(16)27(25,26)21-12-4-1-5-13-21/h2-3,6-11H,1,4-5,12-13H2,(H,20,22)(H,23,24). The number of carbonyl (C=O) groups is 2. The third-order valence-electron chi connectivity index (χ3n) is 4.45. The lowest BCUT2D eigenvalue weighted by atomic mass is 10.2. The maximum absolute atomic E-state index is 13.0. The van der Waals surface area contributed by atoms with Crippen molar-refractivity contribution in [1.82, 2.24) is 4.31 Å². The Kier molecular flexibility index (Phi) is 5.57. The molecule has 142 valence electrons. The second kappa shape index (κ2) is 7.89. The van der Waals surface area contributed by atoms with Gasteiger partial charge in [0.05, 0.1) is 16.0 Å². The number of piperidine rings is 1. The van der Waals surface area contributed by atoms with E-state index in [1.165, 1.54) is 40.7 Å². The number of amides is 1. The predicted octanol–water partition coefficient (Wildman–Crippen LogP) is 2.81. The van der Waals surface area contributed by atoms with Gasteiger partial charge in [-0.2, -0.15) is 4.31 Å². The van der Waals surface area contributed by atoms with Crippen LogP contribution < -0.4 is 5.32 Å². The largest absolute Gasteiger partial charge is 0.478 e. The summed E-state index contributed by atoms with van der Waals surface area (Å²) in [6.45, 7) is 0.907. The molecule has 1 aliphatic heterocycles. The molecule has 1 amide bonds. The number of benzene rings is 2. The maximum Gasteiger partial charge on any atom is 0.335 e. The monoisotopic (exact) mass is 388 g/mol. The van der Waals surface area contributed by atoms with Gasteiger partial charge in [0.25, 0.3) is 5.91 Å². The third-order valence-corrected chi connectivity index (χ3v) is 6.41. The van der Waals surface area contributed by atoms with Gasteiger partial charge >= 0.3 is 5.97 Å². The summed E-state index contributed by atoms with van der Waals surface area (Å²) in [5.74, 6) is -1.62. The lowest BCUT2D eigenvalue weighted by Gasteiger charge is -2.26. The fourth-order valence-corrected chi connectivity index (χ4v) is 4.72. The van der Waals surface area contributed by atoms with Crippen molar-refractivity contribution in [1.29, 1.82) is 0 Å². The number of aromatic carboxylic acids is 1. The van der Waals surface area contributed by atoms with Gasteiger partial charge in [0, 0.05) is 18.8 Å². The zero-order valence-corrected chi connectivity index (χ0v) is 15.4. The van der Waals surface area contributed by atoms with Crippen LogP contribution in [0.2, 0.25) is 0 Å². The van der Waals surface area contributed by atoms with Gasteiger partial charge in [0.1, 0.15) is 0 Å². The third kappa shape index (κ3) is 4.17. The fraction of sp³-hybridized carbons (Fsp3) is 0.263. The molecule has 27 heavy (non-hydrogen) atoms. The predicted molar refractivity (Wildman–Crippen MR) is 100 cm³/mol. The summed E-state index contributed by atoms with van der Waals surface area (Å²) in [5, 5.41) is 11.6. The highest BCUT2D eigenvalue weighted by molar-refractivity contribution is 7.89. The van der Waals surface area contributed by atoms with Crippen LogP contribution in [0.3, 0.4) is 0 Å². The lowest BCUT2D eigenvalue weighted by molar-refractivity contribution is 0.0696. The van der Waals surface area contributed by atoms with Crippen LogP contribution in [-0.4, -0.2) is 42.8 Å². The van der Waals surface area contributed by atoms with E-state index < -0.39 is 21.9 Å². The quantitative estimate of drug-likeness (QED) is 0.820. The molecule has 2 aromatic rings. The first-order chi connectivity index (χ1) is 12.9. The number of rotatable bonds is 5. The van der Waals surface area contributed by atoms with E-state index in [4.69, 9.17) is 5.11 Å². The molecule has 0 saturated carbocycles. The molecule has 2 N–H and O–H groups in total. The number of carbonyl (C=O) groups excluding carboxylic acids is 1. The highest BCUT2D eigenvalue weighted by Gasteiger charge is 2.29. The Balaban J connectivity index is 1.86. The number of hydrogen-bond acceptors (Lipinski definition) is 4. The summed E-state index contributed by atoms with van der Waals surface area (Å²) in [7, 11) is -3.75. The number of sulfonamides is 1. The van der Waals surface area contributed by atoms with E-state index in [9.17, 15) is 18.0 Å². The Morgan fingerprint density at radius 2 is 1.56 bits per heavy atom. The van der Waals surface area contributed by atoms with E-state index in [-0.39, 0.29) is 16.0 Å². The summed E-state index contributed by atoms with van der Waals surface area (Å²) < 4.78 is 27.4. The average molecular weight is 388 g/mol. The minimum Gasteiger partial charge on any atom is -0.478 e. The van der Waals surface area contributed by atoms with Crippen LogP contribution in [-0.2, 0) is 10.0 Å². The zero-order chi connectivity index (χ0) is 19.4. The van der Waals surface area contributed by atoms with Crippen molar-refractivity contribution in [2.24, 2.45) is 0 Å². The van der Waals surface area contributed by atoms with Gasteiger partial charge in [0.15, 0.2) is 0 Å². The molecule has 1 aliphatic rings. The average Bonchev–Trinajstić information content (AvgIpc) is 2.69. The van der Waals surface area contributed by atoms with Gasteiger partial charge < -0.3 is 10.4 Å². The van der Waals surface area contributed by atoms with E-state index in [1.807, 2.05) is 0 Å². The molecule has 0 atom stereocenters. The molecule has 1 saturated heterocycles. The topological polar surface area (TPSA) is 104 Å². The van der Waals surface area contributed by atoms with E-state index in [0.717, 1.165) is 19.3 Å². The molecule has 8 heteroatoms. The van der Waals surface area contributed by atoms with Crippen molar-refractivity contribution in [3.8, 4) is 0 Å². The zero-order valence-electron chi connectivity index (χ0n) is 14.6. The summed E-state index contributed by atoms with van der Waals surface area (Å²) in [6.07, 6.45) is 2.62. The molecule has 2 aromatic carbocycles. The van der Waals surface area contributed by atoms with Gasteiger partial charge in [-0.15, -0.1) is 0 Å². The number of nitrogens with one attached hydrogen (secondary N) is 1. The molecule has 3 rings (SSSR count). The van der Waals surface area contributed by atoms with Gasteiger partial charge in [0.2, 0.25) is 10.0 Å². The molecule has 0 spiro atoms. The summed E-state index contributed by atoms with van der Waals surface area (Å²) in [6, 6.07) is 11.8. The molecule has 0 radical (unpaired) electrons. The van der Waals surface area contributed by atoms with Crippen molar-refractivity contribution in [3.63, 3.8) is 0 Å². The second-order valence-electron chi connectivity index (χ2n) is 6.30. The Bertz CT molecular complexity index is 948. The van der Waals surface area contributed by atoms with Crippen molar-refractivity contribution >= 4 is 27.6 Å². The molecule has 0 unspecified atom stereocenters. The van der Waals surface area contributed by atoms with E-state index in [2.05, 4.69) is 5.32 Å². The van der Waals surface area contributed by atoms with Crippen molar-refractivity contribution in [2.75, 3.05) is 18.4 Å². The highest BCUT2D eigenvalue weighted by atomic mass is 32.2. The van der Waals surface area contributed by atoms with Crippen LogP contribution in [0.5, 0.6) is 0 Å². The second-order valence-corrected chi connectivity index (χ2v) is 8.20. The minimum atomic E-state index is -3.75. The van der Waals surface area contributed by atoms with Crippen LogP contribution in [0.25, 0.3) is 0 Å². The van der Waals surface area contributed by atoms with Crippen LogP contribution in [0, 0.1) is 0 Å². The number of hydrogen-bond donors (Lipinski definition) is 2. The number of carboxylic acid groups (broad SMARTS) is 1. The van der Waals surface area contributed by atoms with Gasteiger partial charge in [-0.05, 0) is 49.2 Å². The van der Waals surface area contributed by atoms with Crippen LogP contribution in [0.1, 0.15) is 40.0 Å². The molecule has 0 bridgehead atoms. The molecule has 1 fully saturated rings. The summed E-state index contributed by atoms with van der Waals surface area (Å²) >= 11 is 0. The molecular weight excluding hydrogens is 368 g/mol. The molecule has 0 aliphatic carbocycles. The SMILES string of the molecule is O=C(O)c1ccc(NC(=O)c2ccccc2S(=O)(=O)N2CCCCC2)cc1. The lowest BCUT2D eigenvalue weighted by Crippen LogP contribution is -2.36. The Morgan fingerprint density at radius 3 is 2.19 bits per heavy atom. The van der Waals surface area contributed by atoms with E-state index >= 15 is 0 Å². The van der Waals surface area contributed by atoms with Crippen molar-refractivity contribution < 1.29 is 23.1 Å². The summed E-state index contributed by atoms with van der Waals surface area (Å²) in [4.78, 5) is 23.6. The van der Waals surface area contributed by atoms with E-state index in [0.29, 0.717) is 18.8 Å². The van der Waals surface area contributed by atoms with Gasteiger partial charge in [-0.25, -0.2) is 13.2 Å². The van der Waals surface area contributed by atoms with Crippen LogP contribution in [0.15, 0.2) is 53.4 Å². The highest BCUT2D eigenvalue weighted by Crippen LogP contribution is 2.24. The Hall–Kier alpha value is -2.71. The minimum absolute atomic E-state index is 0.0217.